The van der Waals surface area contributed by atoms with E-state index in [-0.39, 0.29) is 5.38 Å². The third-order valence-electron chi connectivity index (χ3n) is 3.48. The van der Waals surface area contributed by atoms with E-state index in [0.717, 1.165) is 15.6 Å². The fraction of sp³-hybridized carbons (Fsp3) is 0.294. The molecule has 1 unspecified atom stereocenters. The van der Waals surface area contributed by atoms with Crippen LogP contribution in [0.25, 0.3) is 0 Å². The maximum Gasteiger partial charge on any atom is 0.0838 e. The molecule has 0 radical (unpaired) electrons. The molecule has 0 saturated heterocycles. The Hall–Kier alpha value is -0.790. The summed E-state index contributed by atoms with van der Waals surface area (Å²) in [5, 5.41) is -0.0984. The zero-order valence-electron chi connectivity index (χ0n) is 11.5. The van der Waals surface area contributed by atoms with Gasteiger partial charge < -0.3 is 0 Å². The molecule has 0 saturated carbocycles. The molecule has 0 fully saturated rings. The average molecular weight is 338 g/mol. The van der Waals surface area contributed by atoms with Crippen molar-refractivity contribution in [3.05, 3.63) is 69.2 Å². The summed E-state index contributed by atoms with van der Waals surface area (Å²) < 4.78 is 1.11. The van der Waals surface area contributed by atoms with E-state index in [1.54, 1.807) is 0 Å². The molecule has 0 aromatic heterocycles. The van der Waals surface area contributed by atoms with E-state index in [1.807, 2.05) is 12.1 Å². The van der Waals surface area contributed by atoms with Crippen molar-refractivity contribution in [2.24, 2.45) is 0 Å². The number of benzene rings is 2. The number of rotatable bonds is 3. The van der Waals surface area contributed by atoms with Crippen LogP contribution in [0.2, 0.25) is 0 Å². The first-order valence-electron chi connectivity index (χ1n) is 6.49. The predicted octanol–water partition coefficient (Wildman–Crippen LogP) is 6.21. The Labute approximate surface area is 128 Å². The van der Waals surface area contributed by atoms with Crippen LogP contribution in [0.15, 0.2) is 46.9 Å². The third-order valence-corrected chi connectivity index (χ3v) is 4.82. The molecule has 2 aromatic carbocycles. The van der Waals surface area contributed by atoms with Gasteiger partial charge in [-0.15, -0.1) is 11.6 Å². The lowest BCUT2D eigenvalue weighted by atomic mass is 9.97. The van der Waals surface area contributed by atoms with E-state index < -0.39 is 0 Å². The molecule has 0 spiro atoms. The van der Waals surface area contributed by atoms with Crippen LogP contribution in [0.5, 0.6) is 0 Å². The molecule has 0 bridgehead atoms. The second kappa shape index (κ2) is 6.11. The molecule has 0 amide bonds. The lowest BCUT2D eigenvalue weighted by Gasteiger charge is -2.15. The molecule has 2 heteroatoms. The first kappa shape index (κ1) is 14.6. The molecule has 2 rings (SSSR count). The van der Waals surface area contributed by atoms with Crippen LogP contribution in [-0.2, 0) is 0 Å². The highest BCUT2D eigenvalue weighted by Gasteiger charge is 2.14. The van der Waals surface area contributed by atoms with Gasteiger partial charge in [-0.2, -0.15) is 0 Å². The lowest BCUT2D eigenvalue weighted by molar-refractivity contribution is 0.865. The zero-order chi connectivity index (χ0) is 14.0. The van der Waals surface area contributed by atoms with Gasteiger partial charge in [0.1, 0.15) is 0 Å². The highest BCUT2D eigenvalue weighted by atomic mass is 79.9. The molecule has 0 aliphatic rings. The average Bonchev–Trinajstić information content (AvgIpc) is 2.41. The van der Waals surface area contributed by atoms with E-state index in [4.69, 9.17) is 11.6 Å². The van der Waals surface area contributed by atoms with Crippen molar-refractivity contribution in [2.45, 2.75) is 32.1 Å². The summed E-state index contributed by atoms with van der Waals surface area (Å²) in [5.74, 6) is 0.551. The minimum atomic E-state index is -0.0984. The summed E-state index contributed by atoms with van der Waals surface area (Å²) >= 11 is 10.2. The van der Waals surface area contributed by atoms with Gasteiger partial charge in [-0.1, -0.05) is 66.2 Å². The van der Waals surface area contributed by atoms with Crippen LogP contribution in [-0.4, -0.2) is 0 Å². The van der Waals surface area contributed by atoms with Crippen molar-refractivity contribution >= 4 is 27.5 Å². The molecular weight excluding hydrogens is 320 g/mol. The maximum absolute atomic E-state index is 6.62. The Morgan fingerprint density at radius 1 is 0.947 bits per heavy atom. The summed E-state index contributed by atoms with van der Waals surface area (Å²) in [6.07, 6.45) is 0. The van der Waals surface area contributed by atoms with Crippen molar-refractivity contribution < 1.29 is 0 Å². The summed E-state index contributed by atoms with van der Waals surface area (Å²) in [7, 11) is 0. The van der Waals surface area contributed by atoms with Crippen LogP contribution < -0.4 is 0 Å². The SMILES string of the molecule is Cc1c(Br)cccc1C(Cl)c1ccc(C(C)C)cc1. The van der Waals surface area contributed by atoms with Crippen molar-refractivity contribution in [3.63, 3.8) is 0 Å². The topological polar surface area (TPSA) is 0 Å². The van der Waals surface area contributed by atoms with E-state index in [1.165, 1.54) is 11.1 Å². The van der Waals surface area contributed by atoms with Gasteiger partial charge in [0.05, 0.1) is 5.38 Å². The Kier molecular flexibility index (Phi) is 4.70. The van der Waals surface area contributed by atoms with Crippen molar-refractivity contribution in [1.29, 1.82) is 0 Å². The first-order valence-corrected chi connectivity index (χ1v) is 7.72. The second-order valence-corrected chi connectivity index (χ2v) is 6.43. The fourth-order valence-corrected chi connectivity index (χ4v) is 2.89. The number of hydrogen-bond acceptors (Lipinski definition) is 0. The molecule has 0 aliphatic carbocycles. The third kappa shape index (κ3) is 3.21. The number of hydrogen-bond donors (Lipinski definition) is 0. The van der Waals surface area contributed by atoms with Gasteiger partial charge in [-0.25, -0.2) is 0 Å². The highest BCUT2D eigenvalue weighted by Crippen LogP contribution is 2.34. The van der Waals surface area contributed by atoms with Crippen molar-refractivity contribution in [1.82, 2.24) is 0 Å². The molecule has 0 nitrogen and oxygen atoms in total. The van der Waals surface area contributed by atoms with Crippen molar-refractivity contribution in [2.75, 3.05) is 0 Å². The fourth-order valence-electron chi connectivity index (χ4n) is 2.13. The maximum atomic E-state index is 6.62. The first-order chi connectivity index (χ1) is 9.00. The molecule has 19 heavy (non-hydrogen) atoms. The van der Waals surface area contributed by atoms with Crippen LogP contribution >= 0.6 is 27.5 Å². The minimum Gasteiger partial charge on any atom is -0.113 e. The van der Waals surface area contributed by atoms with Gasteiger partial charge in [0.25, 0.3) is 0 Å². The smallest absolute Gasteiger partial charge is 0.0838 e. The zero-order valence-corrected chi connectivity index (χ0v) is 13.8. The molecule has 2 aromatic rings. The van der Waals surface area contributed by atoms with Gasteiger partial charge in [-0.05, 0) is 41.2 Å². The monoisotopic (exact) mass is 336 g/mol. The van der Waals surface area contributed by atoms with E-state index in [0.29, 0.717) is 5.92 Å². The second-order valence-electron chi connectivity index (χ2n) is 5.14. The Bertz CT molecular complexity index is 558. The Morgan fingerprint density at radius 3 is 2.11 bits per heavy atom. The van der Waals surface area contributed by atoms with Gasteiger partial charge in [0, 0.05) is 4.47 Å². The summed E-state index contributed by atoms with van der Waals surface area (Å²) in [6, 6.07) is 14.8. The number of halogens is 2. The molecule has 1 atom stereocenters. The van der Waals surface area contributed by atoms with Gasteiger partial charge in [0.15, 0.2) is 0 Å². The Balaban J connectivity index is 2.33. The normalized spacial score (nSPS) is 12.7. The van der Waals surface area contributed by atoms with Crippen LogP contribution in [0.3, 0.4) is 0 Å². The van der Waals surface area contributed by atoms with E-state index in [2.05, 4.69) is 67.0 Å². The molecule has 100 valence electrons. The van der Waals surface area contributed by atoms with Gasteiger partial charge in [0.2, 0.25) is 0 Å². The lowest BCUT2D eigenvalue weighted by Crippen LogP contribution is -1.97. The molecule has 0 aliphatic heterocycles. The molecule has 0 heterocycles. The van der Waals surface area contributed by atoms with Crippen LogP contribution in [0.4, 0.5) is 0 Å². The molecular formula is C17H18BrCl. The summed E-state index contributed by atoms with van der Waals surface area (Å²) in [6.45, 7) is 6.49. The quantitative estimate of drug-likeness (QED) is 0.584. The van der Waals surface area contributed by atoms with Crippen LogP contribution in [0.1, 0.15) is 47.4 Å². The largest absolute Gasteiger partial charge is 0.113 e. The van der Waals surface area contributed by atoms with Gasteiger partial charge >= 0.3 is 0 Å². The predicted molar refractivity (Wildman–Crippen MR) is 87.1 cm³/mol. The van der Waals surface area contributed by atoms with Crippen LogP contribution in [0, 0.1) is 6.92 Å². The molecule has 0 N–H and O–H groups in total. The van der Waals surface area contributed by atoms with Gasteiger partial charge in [-0.3, -0.25) is 0 Å². The van der Waals surface area contributed by atoms with Crippen molar-refractivity contribution in [3.8, 4) is 0 Å². The standard InChI is InChI=1S/C17H18BrCl/c1-11(2)13-7-9-14(10-8-13)17(19)15-5-4-6-16(18)12(15)3/h4-11,17H,1-3H3. The summed E-state index contributed by atoms with van der Waals surface area (Å²) in [5.41, 5.74) is 4.86. The Morgan fingerprint density at radius 2 is 1.53 bits per heavy atom. The highest BCUT2D eigenvalue weighted by molar-refractivity contribution is 9.10. The van der Waals surface area contributed by atoms with E-state index >= 15 is 0 Å². The number of alkyl halides is 1. The van der Waals surface area contributed by atoms with E-state index in [9.17, 15) is 0 Å². The minimum absolute atomic E-state index is 0.0984. The summed E-state index contributed by atoms with van der Waals surface area (Å²) in [4.78, 5) is 0.